The highest BCUT2D eigenvalue weighted by atomic mass is 16.5. The monoisotopic (exact) mass is 309 g/mol. The Balaban J connectivity index is 1.77. The summed E-state index contributed by atoms with van der Waals surface area (Å²) < 4.78 is 10.4. The van der Waals surface area contributed by atoms with Crippen molar-refractivity contribution >= 4 is 12.1 Å². The average Bonchev–Trinajstić information content (AvgIpc) is 2.61. The van der Waals surface area contributed by atoms with Gasteiger partial charge >= 0.3 is 0 Å². The van der Waals surface area contributed by atoms with Crippen molar-refractivity contribution in [3.05, 3.63) is 59.7 Å². The number of nitriles is 1. The second-order valence-corrected chi connectivity index (χ2v) is 4.49. The lowest BCUT2D eigenvalue weighted by Gasteiger charge is -2.05. The van der Waals surface area contributed by atoms with Crippen molar-refractivity contribution in [1.82, 2.24) is 5.43 Å². The van der Waals surface area contributed by atoms with Crippen LogP contribution < -0.4 is 14.9 Å². The minimum absolute atomic E-state index is 0.142. The largest absolute Gasteiger partial charge is 0.497 e. The molecule has 1 amide bonds. The number of nitrogens with zero attached hydrogens (tertiary/aromatic N) is 2. The molecule has 6 nitrogen and oxygen atoms in total. The number of carbonyl (C=O) groups is 1. The van der Waals surface area contributed by atoms with Gasteiger partial charge in [-0.3, -0.25) is 4.79 Å². The number of carbonyl (C=O) groups excluding carboxylic acids is 1. The minimum atomic E-state index is -0.370. The lowest BCUT2D eigenvalue weighted by molar-refractivity contribution is -0.123. The minimum Gasteiger partial charge on any atom is -0.497 e. The van der Waals surface area contributed by atoms with E-state index in [4.69, 9.17) is 14.7 Å². The van der Waals surface area contributed by atoms with Gasteiger partial charge < -0.3 is 9.47 Å². The number of hydrazone groups is 1. The Morgan fingerprint density at radius 2 is 1.83 bits per heavy atom. The highest BCUT2D eigenvalue weighted by Gasteiger charge is 2.01. The van der Waals surface area contributed by atoms with E-state index in [9.17, 15) is 4.79 Å². The molecule has 23 heavy (non-hydrogen) atoms. The third-order valence-electron chi connectivity index (χ3n) is 2.87. The molecule has 0 saturated carbocycles. The Morgan fingerprint density at radius 3 is 2.43 bits per heavy atom. The Kier molecular flexibility index (Phi) is 5.72. The van der Waals surface area contributed by atoms with Crippen LogP contribution >= 0.6 is 0 Å². The van der Waals surface area contributed by atoms with E-state index in [1.807, 2.05) is 6.07 Å². The molecule has 0 atom stereocenters. The molecule has 0 aliphatic carbocycles. The summed E-state index contributed by atoms with van der Waals surface area (Å²) in [6, 6.07) is 15.8. The van der Waals surface area contributed by atoms with Crippen molar-refractivity contribution in [1.29, 1.82) is 5.26 Å². The molecule has 2 aromatic rings. The normalized spacial score (nSPS) is 10.1. The molecule has 0 aliphatic rings. The summed E-state index contributed by atoms with van der Waals surface area (Å²) in [5, 5.41) is 12.5. The smallest absolute Gasteiger partial charge is 0.277 e. The van der Waals surface area contributed by atoms with Gasteiger partial charge in [-0.05, 0) is 42.0 Å². The van der Waals surface area contributed by atoms with Gasteiger partial charge in [-0.25, -0.2) is 5.43 Å². The van der Waals surface area contributed by atoms with Crippen LogP contribution in [0.2, 0.25) is 0 Å². The molecule has 0 bridgehead atoms. The van der Waals surface area contributed by atoms with Crippen LogP contribution in [0.5, 0.6) is 11.5 Å². The van der Waals surface area contributed by atoms with Crippen LogP contribution in [0.15, 0.2) is 53.6 Å². The predicted molar refractivity (Wildman–Crippen MR) is 85.4 cm³/mol. The van der Waals surface area contributed by atoms with Crippen LogP contribution in [0.3, 0.4) is 0 Å². The van der Waals surface area contributed by atoms with Crippen molar-refractivity contribution in [3.8, 4) is 17.6 Å². The molecule has 0 fully saturated rings. The first kappa shape index (κ1) is 16.0. The molecule has 0 aliphatic heterocycles. The molecule has 0 radical (unpaired) electrons. The zero-order valence-corrected chi connectivity index (χ0v) is 12.5. The van der Waals surface area contributed by atoms with E-state index in [0.717, 1.165) is 5.56 Å². The van der Waals surface area contributed by atoms with Crippen molar-refractivity contribution < 1.29 is 14.3 Å². The number of rotatable bonds is 6. The van der Waals surface area contributed by atoms with Crippen LogP contribution in [0.4, 0.5) is 0 Å². The number of hydrogen-bond donors (Lipinski definition) is 1. The lowest BCUT2D eigenvalue weighted by atomic mass is 10.2. The number of methoxy groups -OCH3 is 1. The summed E-state index contributed by atoms with van der Waals surface area (Å²) in [5.41, 5.74) is 3.72. The van der Waals surface area contributed by atoms with E-state index in [2.05, 4.69) is 10.5 Å². The van der Waals surface area contributed by atoms with E-state index in [0.29, 0.717) is 17.1 Å². The maximum atomic E-state index is 11.6. The molecular formula is C17H15N3O3. The summed E-state index contributed by atoms with van der Waals surface area (Å²) in [6.07, 6.45) is 1.49. The van der Waals surface area contributed by atoms with Crippen LogP contribution in [0.1, 0.15) is 11.1 Å². The zero-order chi connectivity index (χ0) is 16.5. The third kappa shape index (κ3) is 5.17. The quantitative estimate of drug-likeness (QED) is 0.654. The number of benzene rings is 2. The predicted octanol–water partition coefficient (Wildman–Crippen LogP) is 2.10. The molecule has 1 N–H and O–H groups in total. The second kappa shape index (κ2) is 8.20. The van der Waals surface area contributed by atoms with Gasteiger partial charge in [-0.2, -0.15) is 10.4 Å². The zero-order valence-electron chi connectivity index (χ0n) is 12.5. The third-order valence-corrected chi connectivity index (χ3v) is 2.87. The van der Waals surface area contributed by atoms with Crippen molar-refractivity contribution in [2.75, 3.05) is 13.7 Å². The van der Waals surface area contributed by atoms with E-state index in [1.165, 1.54) is 6.21 Å². The van der Waals surface area contributed by atoms with Gasteiger partial charge in [-0.15, -0.1) is 0 Å². The number of ether oxygens (including phenoxy) is 2. The summed E-state index contributed by atoms with van der Waals surface area (Å²) >= 11 is 0. The van der Waals surface area contributed by atoms with Gasteiger partial charge in [0.25, 0.3) is 5.91 Å². The summed E-state index contributed by atoms with van der Waals surface area (Å²) in [7, 11) is 1.58. The first-order chi connectivity index (χ1) is 11.2. The first-order valence-electron chi connectivity index (χ1n) is 6.80. The fourth-order valence-corrected chi connectivity index (χ4v) is 1.68. The molecule has 0 spiro atoms. The Hall–Kier alpha value is -3.33. The van der Waals surface area contributed by atoms with Crippen LogP contribution in [0.25, 0.3) is 0 Å². The molecule has 0 aromatic heterocycles. The maximum Gasteiger partial charge on any atom is 0.277 e. The van der Waals surface area contributed by atoms with Gasteiger partial charge in [0, 0.05) is 0 Å². The fourth-order valence-electron chi connectivity index (χ4n) is 1.68. The summed E-state index contributed by atoms with van der Waals surface area (Å²) in [4.78, 5) is 11.6. The van der Waals surface area contributed by atoms with Gasteiger partial charge in [-0.1, -0.05) is 12.1 Å². The van der Waals surface area contributed by atoms with Crippen molar-refractivity contribution in [2.45, 2.75) is 0 Å². The molecule has 0 saturated heterocycles. The molecule has 0 unspecified atom stereocenters. The average molecular weight is 309 g/mol. The highest BCUT2D eigenvalue weighted by molar-refractivity contribution is 5.83. The van der Waals surface area contributed by atoms with E-state index < -0.39 is 0 Å². The van der Waals surface area contributed by atoms with Gasteiger partial charge in [0.2, 0.25) is 0 Å². The topological polar surface area (TPSA) is 83.7 Å². The Bertz CT molecular complexity index is 716. The van der Waals surface area contributed by atoms with E-state index in [-0.39, 0.29) is 12.5 Å². The molecule has 0 heterocycles. The summed E-state index contributed by atoms with van der Waals surface area (Å²) in [6.45, 7) is -0.142. The number of amides is 1. The van der Waals surface area contributed by atoms with Crippen molar-refractivity contribution in [2.24, 2.45) is 5.10 Å². The van der Waals surface area contributed by atoms with Crippen LogP contribution in [-0.2, 0) is 4.79 Å². The molecule has 6 heteroatoms. The Morgan fingerprint density at radius 1 is 1.17 bits per heavy atom. The van der Waals surface area contributed by atoms with Gasteiger partial charge in [0.15, 0.2) is 6.61 Å². The molecule has 2 rings (SSSR count). The van der Waals surface area contributed by atoms with Gasteiger partial charge in [0.1, 0.15) is 11.5 Å². The Labute approximate surface area is 134 Å². The second-order valence-electron chi connectivity index (χ2n) is 4.49. The van der Waals surface area contributed by atoms with Crippen LogP contribution in [0, 0.1) is 11.3 Å². The van der Waals surface area contributed by atoms with Crippen molar-refractivity contribution in [3.63, 3.8) is 0 Å². The number of hydrogen-bond acceptors (Lipinski definition) is 5. The standard InChI is InChI=1S/C17H15N3O3/c1-22-15-6-8-16(9-7-15)23-12-17(21)20-19-11-14-4-2-13(10-18)3-5-14/h2-9,11H,12H2,1H3,(H,20,21). The van der Waals surface area contributed by atoms with E-state index in [1.54, 1.807) is 55.6 Å². The SMILES string of the molecule is COc1ccc(OCC(=O)NN=Cc2ccc(C#N)cc2)cc1. The van der Waals surface area contributed by atoms with Crippen LogP contribution in [-0.4, -0.2) is 25.8 Å². The highest BCUT2D eigenvalue weighted by Crippen LogP contribution is 2.16. The molecule has 2 aromatic carbocycles. The number of nitrogens with one attached hydrogen (secondary N) is 1. The summed E-state index contributed by atoms with van der Waals surface area (Å²) in [5.74, 6) is 0.913. The lowest BCUT2D eigenvalue weighted by Crippen LogP contribution is -2.24. The van der Waals surface area contributed by atoms with Gasteiger partial charge in [0.05, 0.1) is 25.0 Å². The molecule has 116 valence electrons. The van der Waals surface area contributed by atoms with E-state index >= 15 is 0 Å². The maximum absolute atomic E-state index is 11.6. The fraction of sp³-hybridized carbons (Fsp3) is 0.118. The first-order valence-corrected chi connectivity index (χ1v) is 6.80. The molecular weight excluding hydrogens is 294 g/mol.